The van der Waals surface area contributed by atoms with Crippen molar-refractivity contribution >= 4 is 0 Å². The molecule has 0 radical (unpaired) electrons. The van der Waals surface area contributed by atoms with Crippen LogP contribution in [0.2, 0.25) is 0 Å². The summed E-state index contributed by atoms with van der Waals surface area (Å²) in [6.07, 6.45) is 0. The SMILES string of the molecule is CC(C)(COCN)COCNC(C)(C)C. The second kappa shape index (κ2) is 6.43. The summed E-state index contributed by atoms with van der Waals surface area (Å²) >= 11 is 0. The smallest absolute Gasteiger partial charge is 0.0969 e. The molecule has 3 N–H and O–H groups in total. The van der Waals surface area contributed by atoms with Gasteiger partial charge in [-0.25, -0.2) is 0 Å². The Labute approximate surface area is 93.5 Å². The summed E-state index contributed by atoms with van der Waals surface area (Å²) in [5, 5.41) is 3.26. The molecule has 0 aromatic heterocycles. The van der Waals surface area contributed by atoms with Crippen LogP contribution in [0.25, 0.3) is 0 Å². The van der Waals surface area contributed by atoms with Gasteiger partial charge in [0.25, 0.3) is 0 Å². The average Bonchev–Trinajstić information content (AvgIpc) is 2.08. The van der Waals surface area contributed by atoms with Gasteiger partial charge in [-0.05, 0) is 20.8 Å². The summed E-state index contributed by atoms with van der Waals surface area (Å²) in [5.74, 6) is 0. The van der Waals surface area contributed by atoms with E-state index in [0.717, 1.165) is 0 Å². The Hall–Kier alpha value is -0.160. The van der Waals surface area contributed by atoms with Crippen molar-refractivity contribution < 1.29 is 9.47 Å². The van der Waals surface area contributed by atoms with E-state index in [4.69, 9.17) is 15.2 Å². The predicted octanol–water partition coefficient (Wildman–Crippen LogP) is 1.31. The number of rotatable bonds is 7. The molecule has 0 aliphatic heterocycles. The third-order valence-electron chi connectivity index (χ3n) is 1.81. The molecule has 0 bridgehead atoms. The molecule has 0 heterocycles. The van der Waals surface area contributed by atoms with Gasteiger partial charge in [-0.3, -0.25) is 5.32 Å². The van der Waals surface area contributed by atoms with Crippen LogP contribution in [0.5, 0.6) is 0 Å². The van der Waals surface area contributed by atoms with Crippen LogP contribution in [0.1, 0.15) is 34.6 Å². The Kier molecular flexibility index (Phi) is 6.36. The molecule has 15 heavy (non-hydrogen) atoms. The van der Waals surface area contributed by atoms with Gasteiger partial charge in [0.2, 0.25) is 0 Å². The normalized spacial score (nSPS) is 13.2. The van der Waals surface area contributed by atoms with Gasteiger partial charge in [-0.15, -0.1) is 0 Å². The van der Waals surface area contributed by atoms with E-state index >= 15 is 0 Å². The van der Waals surface area contributed by atoms with E-state index in [0.29, 0.717) is 19.9 Å². The Balaban J connectivity index is 3.57. The maximum absolute atomic E-state index is 5.54. The summed E-state index contributed by atoms with van der Waals surface area (Å²) in [5.41, 5.74) is 5.38. The molecular weight excluding hydrogens is 192 g/mol. The molecule has 4 nitrogen and oxygen atoms in total. The monoisotopic (exact) mass is 218 g/mol. The van der Waals surface area contributed by atoms with E-state index in [1.54, 1.807) is 0 Å². The predicted molar refractivity (Wildman–Crippen MR) is 62.5 cm³/mol. The van der Waals surface area contributed by atoms with Crippen molar-refractivity contribution in [1.82, 2.24) is 5.32 Å². The first-order chi connectivity index (χ1) is 6.77. The Morgan fingerprint density at radius 1 is 1.00 bits per heavy atom. The van der Waals surface area contributed by atoms with Crippen molar-refractivity contribution in [3.8, 4) is 0 Å². The molecule has 4 heteroatoms. The zero-order valence-corrected chi connectivity index (χ0v) is 10.7. The van der Waals surface area contributed by atoms with Gasteiger partial charge in [-0.1, -0.05) is 13.8 Å². The van der Waals surface area contributed by atoms with Crippen LogP contribution >= 0.6 is 0 Å². The molecule has 0 aliphatic carbocycles. The van der Waals surface area contributed by atoms with Crippen molar-refractivity contribution in [3.63, 3.8) is 0 Å². The highest BCUT2D eigenvalue weighted by atomic mass is 16.5. The van der Waals surface area contributed by atoms with Crippen molar-refractivity contribution in [2.45, 2.75) is 40.2 Å². The van der Waals surface area contributed by atoms with Crippen molar-refractivity contribution in [3.05, 3.63) is 0 Å². The maximum atomic E-state index is 5.54. The van der Waals surface area contributed by atoms with E-state index in [9.17, 15) is 0 Å². The van der Waals surface area contributed by atoms with Gasteiger partial charge < -0.3 is 15.2 Å². The number of hydrogen-bond donors (Lipinski definition) is 2. The highest BCUT2D eigenvalue weighted by Crippen LogP contribution is 2.15. The quantitative estimate of drug-likeness (QED) is 0.499. The van der Waals surface area contributed by atoms with Crippen LogP contribution in [0.15, 0.2) is 0 Å². The maximum Gasteiger partial charge on any atom is 0.0969 e. The van der Waals surface area contributed by atoms with E-state index < -0.39 is 0 Å². The lowest BCUT2D eigenvalue weighted by Gasteiger charge is -2.26. The number of nitrogens with one attached hydrogen (secondary N) is 1. The lowest BCUT2D eigenvalue weighted by molar-refractivity contribution is -0.0110. The molecule has 0 fully saturated rings. The number of nitrogens with two attached hydrogens (primary N) is 1. The van der Waals surface area contributed by atoms with Gasteiger partial charge in [0, 0.05) is 11.0 Å². The largest absolute Gasteiger partial charge is 0.366 e. The standard InChI is InChI=1S/C11H26N2O2/c1-10(2,3)13-9-15-7-11(4,5)6-14-8-12/h13H,6-9,12H2,1-5H3. The molecule has 0 atom stereocenters. The molecule has 0 spiro atoms. The fourth-order valence-corrected chi connectivity index (χ4v) is 0.972. The second-order valence-electron chi connectivity index (χ2n) is 5.60. The van der Waals surface area contributed by atoms with Crippen LogP contribution in [0, 0.1) is 5.41 Å². The molecule has 0 aromatic rings. The topological polar surface area (TPSA) is 56.5 Å². The summed E-state index contributed by atoms with van der Waals surface area (Å²) in [6.45, 7) is 12.6. The third-order valence-corrected chi connectivity index (χ3v) is 1.81. The first-order valence-electron chi connectivity index (χ1n) is 5.37. The Morgan fingerprint density at radius 3 is 2.00 bits per heavy atom. The zero-order valence-electron chi connectivity index (χ0n) is 10.7. The van der Waals surface area contributed by atoms with Crippen LogP contribution in [-0.2, 0) is 9.47 Å². The van der Waals surface area contributed by atoms with Crippen LogP contribution in [-0.4, -0.2) is 32.2 Å². The lowest BCUT2D eigenvalue weighted by atomic mass is 9.96. The molecule has 0 saturated carbocycles. The molecule has 0 amide bonds. The van der Waals surface area contributed by atoms with Crippen molar-refractivity contribution in [2.75, 3.05) is 26.7 Å². The third kappa shape index (κ3) is 10.1. The van der Waals surface area contributed by atoms with E-state index in [-0.39, 0.29) is 17.7 Å². The first-order valence-corrected chi connectivity index (χ1v) is 5.37. The van der Waals surface area contributed by atoms with Crippen LogP contribution < -0.4 is 11.1 Å². The molecule has 0 saturated heterocycles. The second-order valence-corrected chi connectivity index (χ2v) is 5.60. The van der Waals surface area contributed by atoms with E-state index in [2.05, 4.69) is 39.9 Å². The van der Waals surface area contributed by atoms with Crippen molar-refractivity contribution in [1.29, 1.82) is 0 Å². The number of hydrogen-bond acceptors (Lipinski definition) is 4. The van der Waals surface area contributed by atoms with E-state index in [1.807, 2.05) is 0 Å². The van der Waals surface area contributed by atoms with Gasteiger partial charge in [0.15, 0.2) is 0 Å². The molecular formula is C11H26N2O2. The van der Waals surface area contributed by atoms with Gasteiger partial charge in [-0.2, -0.15) is 0 Å². The molecule has 0 rings (SSSR count). The van der Waals surface area contributed by atoms with Gasteiger partial charge >= 0.3 is 0 Å². The average molecular weight is 218 g/mol. The summed E-state index contributed by atoms with van der Waals surface area (Å²) in [6, 6.07) is 0. The van der Waals surface area contributed by atoms with E-state index in [1.165, 1.54) is 0 Å². The fourth-order valence-electron chi connectivity index (χ4n) is 0.972. The molecule has 0 aliphatic rings. The summed E-state index contributed by atoms with van der Waals surface area (Å²) < 4.78 is 10.7. The van der Waals surface area contributed by atoms with Gasteiger partial charge in [0.1, 0.15) is 0 Å². The lowest BCUT2D eigenvalue weighted by Crippen LogP contribution is -2.38. The van der Waals surface area contributed by atoms with Crippen molar-refractivity contribution in [2.24, 2.45) is 11.1 Å². The minimum atomic E-state index is 0.0128. The van der Waals surface area contributed by atoms with Crippen LogP contribution in [0.4, 0.5) is 0 Å². The Bertz CT molecular complexity index is 164. The minimum absolute atomic E-state index is 0.0128. The molecule has 92 valence electrons. The Morgan fingerprint density at radius 2 is 1.53 bits per heavy atom. The van der Waals surface area contributed by atoms with Crippen LogP contribution in [0.3, 0.4) is 0 Å². The zero-order chi connectivity index (χ0) is 11.9. The minimum Gasteiger partial charge on any atom is -0.366 e. The van der Waals surface area contributed by atoms with Gasteiger partial charge in [0.05, 0.1) is 26.7 Å². The summed E-state index contributed by atoms with van der Waals surface area (Å²) in [7, 11) is 0. The molecule has 0 aromatic carbocycles. The first kappa shape index (κ1) is 14.8. The highest BCUT2D eigenvalue weighted by Gasteiger charge is 2.18. The number of ether oxygens (including phenoxy) is 2. The summed E-state index contributed by atoms with van der Waals surface area (Å²) in [4.78, 5) is 0. The highest BCUT2D eigenvalue weighted by molar-refractivity contribution is 4.69. The molecule has 0 unspecified atom stereocenters. The fraction of sp³-hybridized carbons (Fsp3) is 1.00.